The zero-order valence-corrected chi connectivity index (χ0v) is 12.6. The predicted molar refractivity (Wildman–Crippen MR) is 84.3 cm³/mol. The number of aromatic nitrogens is 3. The molecule has 102 valence electrons. The number of nitrogens with one attached hydrogen (secondary N) is 1. The Morgan fingerprint density at radius 2 is 2.05 bits per heavy atom. The number of aryl methyl sites for hydroxylation is 2. The maximum atomic E-state index is 4.66. The lowest BCUT2D eigenvalue weighted by Crippen LogP contribution is -2.02. The second-order valence-electron chi connectivity index (χ2n) is 4.69. The number of hydrogen-bond acceptors (Lipinski definition) is 5. The lowest BCUT2D eigenvalue weighted by Gasteiger charge is -2.09. The Morgan fingerprint density at radius 3 is 2.75 bits per heavy atom. The first-order valence-electron chi connectivity index (χ1n) is 6.62. The molecule has 0 aliphatic rings. The van der Waals surface area contributed by atoms with Crippen LogP contribution in [-0.4, -0.2) is 21.5 Å². The molecule has 5 heteroatoms. The number of rotatable bonds is 3. The molecule has 0 radical (unpaired) electrons. The Kier molecular flexibility index (Phi) is 3.36. The van der Waals surface area contributed by atoms with Gasteiger partial charge in [0.25, 0.3) is 0 Å². The summed E-state index contributed by atoms with van der Waals surface area (Å²) >= 11 is 1.62. The molecular formula is C15H16N4S. The number of fused-ring (bicyclic) bond motifs is 1. The van der Waals surface area contributed by atoms with Crippen molar-refractivity contribution in [3.63, 3.8) is 0 Å². The van der Waals surface area contributed by atoms with E-state index in [0.717, 1.165) is 39.0 Å². The van der Waals surface area contributed by atoms with Gasteiger partial charge in [-0.25, -0.2) is 15.0 Å². The summed E-state index contributed by atoms with van der Waals surface area (Å²) in [6, 6.07) is 6.24. The second-order valence-corrected chi connectivity index (χ2v) is 5.93. The topological polar surface area (TPSA) is 50.7 Å². The van der Waals surface area contributed by atoms with Gasteiger partial charge in [-0.1, -0.05) is 11.6 Å². The first-order valence-corrected chi connectivity index (χ1v) is 7.44. The molecule has 3 rings (SSSR count). The van der Waals surface area contributed by atoms with Gasteiger partial charge in [-0.15, -0.1) is 11.3 Å². The van der Waals surface area contributed by atoms with Crippen LogP contribution >= 0.6 is 11.3 Å². The predicted octanol–water partition coefficient (Wildman–Crippen LogP) is 3.80. The second kappa shape index (κ2) is 5.17. The normalized spacial score (nSPS) is 10.9. The fourth-order valence-corrected chi connectivity index (χ4v) is 2.83. The smallest absolute Gasteiger partial charge is 0.173 e. The average molecular weight is 284 g/mol. The molecule has 0 saturated heterocycles. The van der Waals surface area contributed by atoms with Crippen LogP contribution in [0.2, 0.25) is 0 Å². The standard InChI is InChI=1S/C15H16N4S/c1-4-16-14-11-7-9(2)5-6-12(11)18-15(19-14)13-8-17-10(3)20-13/h5-8H,4H2,1-3H3,(H,16,18,19). The number of anilines is 1. The van der Waals surface area contributed by atoms with E-state index in [1.807, 2.05) is 19.2 Å². The van der Waals surface area contributed by atoms with Crippen LogP contribution in [-0.2, 0) is 0 Å². The highest BCUT2D eigenvalue weighted by Gasteiger charge is 2.11. The summed E-state index contributed by atoms with van der Waals surface area (Å²) in [6.07, 6.45) is 1.84. The van der Waals surface area contributed by atoms with Gasteiger partial charge in [-0.05, 0) is 32.9 Å². The van der Waals surface area contributed by atoms with Crippen molar-refractivity contribution < 1.29 is 0 Å². The third-order valence-electron chi connectivity index (χ3n) is 3.04. The van der Waals surface area contributed by atoms with Crippen molar-refractivity contribution >= 4 is 28.1 Å². The van der Waals surface area contributed by atoms with Crippen molar-refractivity contribution in [2.24, 2.45) is 0 Å². The Hall–Kier alpha value is -2.01. The molecule has 0 fully saturated rings. The lowest BCUT2D eigenvalue weighted by atomic mass is 10.1. The van der Waals surface area contributed by atoms with E-state index >= 15 is 0 Å². The Labute approximate surface area is 121 Å². The number of benzene rings is 1. The quantitative estimate of drug-likeness (QED) is 0.794. The van der Waals surface area contributed by atoms with Gasteiger partial charge in [-0.2, -0.15) is 0 Å². The largest absolute Gasteiger partial charge is 0.370 e. The molecule has 0 atom stereocenters. The van der Waals surface area contributed by atoms with E-state index in [1.165, 1.54) is 5.56 Å². The van der Waals surface area contributed by atoms with Crippen molar-refractivity contribution in [2.75, 3.05) is 11.9 Å². The zero-order chi connectivity index (χ0) is 14.1. The molecule has 2 heterocycles. The van der Waals surface area contributed by atoms with E-state index in [2.05, 4.69) is 46.2 Å². The summed E-state index contributed by atoms with van der Waals surface area (Å²) in [5.74, 6) is 1.63. The highest BCUT2D eigenvalue weighted by atomic mass is 32.1. The van der Waals surface area contributed by atoms with Gasteiger partial charge in [0, 0.05) is 18.1 Å². The molecule has 0 aliphatic heterocycles. The fourth-order valence-electron chi connectivity index (χ4n) is 2.12. The van der Waals surface area contributed by atoms with E-state index in [0.29, 0.717) is 0 Å². The Bertz CT molecular complexity index is 764. The highest BCUT2D eigenvalue weighted by Crippen LogP contribution is 2.28. The lowest BCUT2D eigenvalue weighted by molar-refractivity contribution is 1.15. The minimum atomic E-state index is 0.739. The summed E-state index contributed by atoms with van der Waals surface area (Å²) in [5, 5.41) is 5.42. The molecular weight excluding hydrogens is 268 g/mol. The van der Waals surface area contributed by atoms with Crippen LogP contribution in [0.5, 0.6) is 0 Å². The van der Waals surface area contributed by atoms with Crippen molar-refractivity contribution in [2.45, 2.75) is 20.8 Å². The van der Waals surface area contributed by atoms with Gasteiger partial charge in [0.05, 0.1) is 15.4 Å². The van der Waals surface area contributed by atoms with Crippen LogP contribution in [0, 0.1) is 13.8 Å². The summed E-state index contributed by atoms with van der Waals surface area (Å²) in [4.78, 5) is 14.6. The van der Waals surface area contributed by atoms with Gasteiger partial charge in [0.15, 0.2) is 5.82 Å². The molecule has 1 N–H and O–H groups in total. The van der Waals surface area contributed by atoms with Gasteiger partial charge >= 0.3 is 0 Å². The molecule has 0 aliphatic carbocycles. The first kappa shape index (κ1) is 13.0. The monoisotopic (exact) mass is 284 g/mol. The highest BCUT2D eigenvalue weighted by molar-refractivity contribution is 7.14. The van der Waals surface area contributed by atoms with E-state index in [-0.39, 0.29) is 0 Å². The summed E-state index contributed by atoms with van der Waals surface area (Å²) < 4.78 is 0. The van der Waals surface area contributed by atoms with Gasteiger partial charge < -0.3 is 5.32 Å². The summed E-state index contributed by atoms with van der Waals surface area (Å²) in [7, 11) is 0. The van der Waals surface area contributed by atoms with E-state index in [9.17, 15) is 0 Å². The first-order chi connectivity index (χ1) is 9.67. The third-order valence-corrected chi connectivity index (χ3v) is 3.95. The number of hydrogen-bond donors (Lipinski definition) is 1. The van der Waals surface area contributed by atoms with E-state index in [4.69, 9.17) is 0 Å². The molecule has 4 nitrogen and oxygen atoms in total. The summed E-state index contributed by atoms with van der Waals surface area (Å²) in [6.45, 7) is 6.97. The van der Waals surface area contributed by atoms with Gasteiger partial charge in [0.2, 0.25) is 0 Å². The van der Waals surface area contributed by atoms with E-state index < -0.39 is 0 Å². The molecule has 0 amide bonds. The van der Waals surface area contributed by atoms with Crippen molar-refractivity contribution in [1.82, 2.24) is 15.0 Å². The van der Waals surface area contributed by atoms with Crippen molar-refractivity contribution in [3.8, 4) is 10.7 Å². The molecule has 0 saturated carbocycles. The van der Waals surface area contributed by atoms with Gasteiger partial charge in [-0.3, -0.25) is 0 Å². The van der Waals surface area contributed by atoms with Crippen LogP contribution in [0.15, 0.2) is 24.4 Å². The molecule has 0 bridgehead atoms. The summed E-state index contributed by atoms with van der Waals surface area (Å²) in [5.41, 5.74) is 2.17. The van der Waals surface area contributed by atoms with Crippen LogP contribution < -0.4 is 5.32 Å². The van der Waals surface area contributed by atoms with Crippen LogP contribution in [0.1, 0.15) is 17.5 Å². The van der Waals surface area contributed by atoms with Crippen LogP contribution in [0.4, 0.5) is 5.82 Å². The zero-order valence-electron chi connectivity index (χ0n) is 11.8. The Morgan fingerprint density at radius 1 is 1.20 bits per heavy atom. The molecule has 0 unspecified atom stereocenters. The molecule has 0 spiro atoms. The van der Waals surface area contributed by atoms with Crippen molar-refractivity contribution in [3.05, 3.63) is 35.0 Å². The molecule has 3 aromatic rings. The maximum Gasteiger partial charge on any atom is 0.173 e. The SMILES string of the molecule is CCNc1nc(-c2cnc(C)s2)nc2ccc(C)cc12. The number of thiazole rings is 1. The minimum absolute atomic E-state index is 0.739. The molecule has 2 aromatic heterocycles. The van der Waals surface area contributed by atoms with Crippen LogP contribution in [0.3, 0.4) is 0 Å². The Balaban J connectivity index is 2.22. The van der Waals surface area contributed by atoms with Crippen molar-refractivity contribution in [1.29, 1.82) is 0 Å². The third kappa shape index (κ3) is 2.36. The van der Waals surface area contributed by atoms with Gasteiger partial charge in [0.1, 0.15) is 5.82 Å². The van der Waals surface area contributed by atoms with E-state index in [1.54, 1.807) is 11.3 Å². The minimum Gasteiger partial charge on any atom is -0.370 e. The van der Waals surface area contributed by atoms with Crippen LogP contribution in [0.25, 0.3) is 21.6 Å². The fraction of sp³-hybridized carbons (Fsp3) is 0.267. The number of nitrogens with zero attached hydrogens (tertiary/aromatic N) is 3. The maximum absolute atomic E-state index is 4.66. The molecule has 1 aromatic carbocycles. The average Bonchev–Trinajstić information content (AvgIpc) is 2.86. The molecule has 20 heavy (non-hydrogen) atoms.